The Hall–Kier alpha value is -1.81. The molecule has 3 rings (SSSR count). The molecule has 1 fully saturated rings. The molecule has 8 heteroatoms. The zero-order valence-corrected chi connectivity index (χ0v) is 13.5. The Balaban J connectivity index is 1.98. The summed E-state index contributed by atoms with van der Waals surface area (Å²) >= 11 is 1.96. The number of rotatable bonds is 3. The van der Waals surface area contributed by atoms with E-state index in [9.17, 15) is 19.2 Å². The quantitative estimate of drug-likeness (QED) is 0.428. The number of fused-ring (bicyclic) bond motifs is 1. The highest BCUT2D eigenvalue weighted by molar-refractivity contribution is 14.1. The van der Waals surface area contributed by atoms with Gasteiger partial charge in [0.2, 0.25) is 11.8 Å². The fourth-order valence-corrected chi connectivity index (χ4v) is 3.22. The lowest BCUT2D eigenvalue weighted by Crippen LogP contribution is -2.54. The molecule has 22 heavy (non-hydrogen) atoms. The van der Waals surface area contributed by atoms with Crippen LogP contribution in [0.3, 0.4) is 0 Å². The maximum atomic E-state index is 12.6. The zero-order valence-electron chi connectivity index (χ0n) is 11.4. The van der Waals surface area contributed by atoms with Crippen molar-refractivity contribution in [3.63, 3.8) is 0 Å². The van der Waals surface area contributed by atoms with Crippen LogP contribution >= 0.6 is 22.9 Å². The molecule has 1 atom stereocenters. The number of nitrogens with zero attached hydrogens (tertiary/aromatic N) is 1. The fraction of sp³-hybridized carbons (Fsp3) is 0.286. The van der Waals surface area contributed by atoms with Crippen molar-refractivity contribution in [1.29, 1.82) is 0 Å². The van der Waals surface area contributed by atoms with E-state index in [-0.39, 0.29) is 18.7 Å². The minimum absolute atomic E-state index is 0.117. The van der Waals surface area contributed by atoms with Crippen LogP contribution in [-0.2, 0) is 16.1 Å². The van der Waals surface area contributed by atoms with Crippen LogP contribution in [0.15, 0.2) is 18.2 Å². The largest absolute Gasteiger partial charge is 0.295 e. The summed E-state index contributed by atoms with van der Waals surface area (Å²) in [5.41, 5.74) is 1.35. The lowest BCUT2D eigenvalue weighted by Gasteiger charge is -2.27. The molecule has 1 unspecified atom stereocenters. The van der Waals surface area contributed by atoms with Gasteiger partial charge in [0.15, 0.2) is 0 Å². The van der Waals surface area contributed by atoms with Crippen LogP contribution in [-0.4, -0.2) is 34.6 Å². The first kappa shape index (κ1) is 15.1. The summed E-state index contributed by atoms with van der Waals surface area (Å²) in [4.78, 5) is 49.3. The number of hydrogen-bond acceptors (Lipinski definition) is 5. The number of nitrogens with one attached hydrogen (secondary N) is 2. The first-order valence-corrected chi connectivity index (χ1v) is 7.79. The zero-order chi connectivity index (χ0) is 15.9. The van der Waals surface area contributed by atoms with E-state index in [1.54, 1.807) is 18.2 Å². The average Bonchev–Trinajstić information content (AvgIpc) is 2.73. The monoisotopic (exact) mass is 413 g/mol. The van der Waals surface area contributed by atoms with Gasteiger partial charge in [0.1, 0.15) is 6.04 Å². The van der Waals surface area contributed by atoms with Gasteiger partial charge in [-0.25, -0.2) is 0 Å². The molecular weight excluding hydrogens is 401 g/mol. The second-order valence-electron chi connectivity index (χ2n) is 5.10. The summed E-state index contributed by atoms with van der Waals surface area (Å²) in [5.74, 6) is -1.94. The van der Waals surface area contributed by atoms with E-state index in [1.165, 1.54) is 0 Å². The lowest BCUT2D eigenvalue weighted by atomic mass is 10.0. The number of piperidine rings is 1. The van der Waals surface area contributed by atoms with Gasteiger partial charge in [0.25, 0.3) is 11.8 Å². The van der Waals surface area contributed by atoms with Crippen molar-refractivity contribution in [2.45, 2.75) is 25.4 Å². The van der Waals surface area contributed by atoms with Gasteiger partial charge in [0, 0.05) is 35.8 Å². The van der Waals surface area contributed by atoms with Gasteiger partial charge in [0.05, 0.1) is 11.1 Å². The first-order valence-electron chi connectivity index (χ1n) is 6.71. The predicted molar refractivity (Wildman–Crippen MR) is 84.0 cm³/mol. The van der Waals surface area contributed by atoms with Crippen LogP contribution in [0.4, 0.5) is 0 Å². The molecule has 0 aliphatic carbocycles. The van der Waals surface area contributed by atoms with Crippen molar-refractivity contribution in [3.05, 3.63) is 34.9 Å². The first-order chi connectivity index (χ1) is 10.5. The van der Waals surface area contributed by atoms with Crippen LogP contribution in [0.2, 0.25) is 0 Å². The number of amides is 4. The third kappa shape index (κ3) is 2.31. The smallest absolute Gasteiger partial charge is 0.262 e. The Bertz CT molecular complexity index is 703. The molecule has 114 valence electrons. The topological polar surface area (TPSA) is 95.6 Å². The number of halogens is 1. The number of imide groups is 2. The van der Waals surface area contributed by atoms with Crippen LogP contribution < -0.4 is 8.85 Å². The number of benzene rings is 1. The van der Waals surface area contributed by atoms with E-state index < -0.39 is 23.8 Å². The van der Waals surface area contributed by atoms with Gasteiger partial charge < -0.3 is 0 Å². The van der Waals surface area contributed by atoms with Gasteiger partial charge in [-0.3, -0.25) is 32.9 Å². The lowest BCUT2D eigenvalue weighted by molar-refractivity contribution is -0.136. The second kappa shape index (κ2) is 5.76. The minimum atomic E-state index is -0.925. The average molecular weight is 413 g/mol. The van der Waals surface area contributed by atoms with Gasteiger partial charge in [-0.1, -0.05) is 12.1 Å². The summed E-state index contributed by atoms with van der Waals surface area (Å²) in [6.45, 7) is 0.436. The fourth-order valence-electron chi connectivity index (χ4n) is 2.80. The summed E-state index contributed by atoms with van der Waals surface area (Å²) in [5, 5.41) is 2.18. The molecule has 7 nitrogen and oxygen atoms in total. The molecule has 0 saturated carbocycles. The van der Waals surface area contributed by atoms with Crippen molar-refractivity contribution in [2.24, 2.45) is 0 Å². The SMILES string of the molecule is O=C1CCC(N2C(=O)c3cccc(CNI)c3C2=O)C(=O)N1. The highest BCUT2D eigenvalue weighted by Crippen LogP contribution is 2.29. The molecule has 1 aromatic carbocycles. The third-order valence-electron chi connectivity index (χ3n) is 3.81. The molecule has 1 aromatic rings. The Labute approximate surface area is 139 Å². The Kier molecular flexibility index (Phi) is 3.96. The molecule has 0 radical (unpaired) electrons. The minimum Gasteiger partial charge on any atom is -0.295 e. The van der Waals surface area contributed by atoms with Gasteiger partial charge in [-0.2, -0.15) is 0 Å². The van der Waals surface area contributed by atoms with Crippen LogP contribution in [0.5, 0.6) is 0 Å². The maximum Gasteiger partial charge on any atom is 0.262 e. The molecule has 0 bridgehead atoms. The van der Waals surface area contributed by atoms with E-state index in [4.69, 9.17) is 0 Å². The Morgan fingerprint density at radius 3 is 2.68 bits per heavy atom. The van der Waals surface area contributed by atoms with Crippen molar-refractivity contribution in [2.75, 3.05) is 0 Å². The summed E-state index contributed by atoms with van der Waals surface area (Å²) in [7, 11) is 0. The molecule has 0 aromatic heterocycles. The predicted octanol–water partition coefficient (Wildman–Crippen LogP) is 0.527. The molecule has 2 N–H and O–H groups in total. The van der Waals surface area contributed by atoms with E-state index in [0.29, 0.717) is 23.2 Å². The Morgan fingerprint density at radius 1 is 1.23 bits per heavy atom. The molecule has 0 spiro atoms. The van der Waals surface area contributed by atoms with Crippen LogP contribution in [0.25, 0.3) is 0 Å². The van der Waals surface area contributed by atoms with Crippen LogP contribution in [0.1, 0.15) is 39.1 Å². The number of carbonyl (C=O) groups is 4. The van der Waals surface area contributed by atoms with E-state index in [1.807, 2.05) is 22.9 Å². The normalized spacial score (nSPS) is 21.1. The highest BCUT2D eigenvalue weighted by Gasteiger charge is 2.45. The van der Waals surface area contributed by atoms with Crippen LogP contribution in [0, 0.1) is 0 Å². The molecule has 2 aliphatic heterocycles. The van der Waals surface area contributed by atoms with Gasteiger partial charge in [-0.15, -0.1) is 0 Å². The highest BCUT2D eigenvalue weighted by atomic mass is 127. The van der Waals surface area contributed by atoms with E-state index in [0.717, 1.165) is 4.90 Å². The Morgan fingerprint density at radius 2 is 2.00 bits per heavy atom. The summed E-state index contributed by atoms with van der Waals surface area (Å²) in [6, 6.07) is 4.13. The van der Waals surface area contributed by atoms with Crippen molar-refractivity contribution >= 4 is 46.5 Å². The standard InChI is InChI=1S/C14H12IN3O4/c15-16-6-7-2-1-3-8-11(7)14(22)18(13(8)21)9-4-5-10(19)17-12(9)20/h1-3,9,16H,4-6H2,(H,17,19,20). The van der Waals surface area contributed by atoms with Crippen molar-refractivity contribution in [1.82, 2.24) is 13.7 Å². The third-order valence-corrected chi connectivity index (χ3v) is 4.19. The van der Waals surface area contributed by atoms with E-state index in [2.05, 4.69) is 8.85 Å². The van der Waals surface area contributed by atoms with Gasteiger partial charge >= 0.3 is 0 Å². The molecule has 1 saturated heterocycles. The van der Waals surface area contributed by atoms with E-state index >= 15 is 0 Å². The second-order valence-corrected chi connectivity index (χ2v) is 5.86. The molecule has 4 amide bonds. The van der Waals surface area contributed by atoms with Gasteiger partial charge in [-0.05, 0) is 18.1 Å². The molecular formula is C14H12IN3O4. The molecule has 2 heterocycles. The molecule has 2 aliphatic rings. The summed E-state index contributed by atoms with van der Waals surface area (Å²) in [6.07, 6.45) is 0.280. The van der Waals surface area contributed by atoms with Crippen molar-refractivity contribution in [3.8, 4) is 0 Å². The van der Waals surface area contributed by atoms with Crippen molar-refractivity contribution < 1.29 is 19.2 Å². The maximum absolute atomic E-state index is 12.6. The number of hydrogen-bond donors (Lipinski definition) is 2. The summed E-state index contributed by atoms with van der Waals surface area (Å²) < 4.78 is 2.92. The number of carbonyl (C=O) groups excluding carboxylic acids is 4.